The third-order valence-corrected chi connectivity index (χ3v) is 7.47. The molecule has 2 unspecified atom stereocenters. The van der Waals surface area contributed by atoms with Gasteiger partial charge in [0, 0.05) is 38.9 Å². The quantitative estimate of drug-likeness (QED) is 0.486. The number of carbonyl (C=O) groups is 2. The van der Waals surface area contributed by atoms with Gasteiger partial charge in [0.25, 0.3) is 5.91 Å². The number of hydrogen-bond donors (Lipinski definition) is 2. The Kier molecular flexibility index (Phi) is 6.95. The summed E-state index contributed by atoms with van der Waals surface area (Å²) in [4.78, 5) is 36.5. The Morgan fingerprint density at radius 2 is 1.94 bits per heavy atom. The number of nitrogens with one attached hydrogen (secondary N) is 1. The van der Waals surface area contributed by atoms with E-state index in [2.05, 4.69) is 39.1 Å². The van der Waals surface area contributed by atoms with E-state index in [1.807, 2.05) is 30.3 Å². The van der Waals surface area contributed by atoms with Crippen LogP contribution in [0.25, 0.3) is 11.0 Å². The van der Waals surface area contributed by atoms with Gasteiger partial charge in [0.05, 0.1) is 30.6 Å². The standard InChI is InChI=1S/C27H33N5O3/c28-27(34)24-11-6-15-32(24,26(33)13-12-25-29-22-9-4-5-10-23(22)30-25)19-21-18-31(14-16-35-21)17-20-7-2-1-3-8-20/h1-5,7-10,21,24H,6,11-19H2,(H2-,28,29,30,34)/p+1/t21?,24-,32?/m0/s1. The molecule has 3 heterocycles. The number of aryl methyl sites for hydroxylation is 1. The van der Waals surface area contributed by atoms with E-state index < -0.39 is 11.9 Å². The van der Waals surface area contributed by atoms with Crippen molar-refractivity contribution in [3.8, 4) is 0 Å². The van der Waals surface area contributed by atoms with Crippen molar-refractivity contribution in [2.24, 2.45) is 5.73 Å². The monoisotopic (exact) mass is 476 g/mol. The molecule has 3 atom stereocenters. The second-order valence-corrected chi connectivity index (χ2v) is 9.81. The highest BCUT2D eigenvalue weighted by Crippen LogP contribution is 2.31. The number of imidazole rings is 1. The molecular formula is C27H34N5O3+. The second-order valence-electron chi connectivity index (χ2n) is 9.81. The lowest BCUT2D eigenvalue weighted by atomic mass is 10.1. The van der Waals surface area contributed by atoms with Crippen LogP contribution in [0.15, 0.2) is 54.6 Å². The maximum absolute atomic E-state index is 13.8. The van der Waals surface area contributed by atoms with E-state index in [-0.39, 0.29) is 16.5 Å². The number of benzene rings is 2. The fourth-order valence-electron chi connectivity index (χ4n) is 5.79. The van der Waals surface area contributed by atoms with Crippen LogP contribution in [0.4, 0.5) is 0 Å². The Morgan fingerprint density at radius 1 is 1.14 bits per heavy atom. The second kappa shape index (κ2) is 10.3. The molecular weight excluding hydrogens is 442 g/mol. The molecule has 0 saturated carbocycles. The molecule has 5 rings (SSSR count). The topological polar surface area (TPSA) is 101 Å². The lowest BCUT2D eigenvalue weighted by molar-refractivity contribution is -0.861. The van der Waals surface area contributed by atoms with Crippen molar-refractivity contribution in [2.75, 3.05) is 32.8 Å². The van der Waals surface area contributed by atoms with E-state index in [9.17, 15) is 9.59 Å². The molecule has 2 aliphatic heterocycles. The summed E-state index contributed by atoms with van der Waals surface area (Å²) in [6.45, 7) is 4.16. The summed E-state index contributed by atoms with van der Waals surface area (Å²) >= 11 is 0. The molecule has 0 aliphatic carbocycles. The van der Waals surface area contributed by atoms with Crippen LogP contribution in [-0.4, -0.2) is 76.1 Å². The number of ether oxygens (including phenoxy) is 1. The maximum atomic E-state index is 13.8. The number of primary amides is 1. The minimum atomic E-state index is -0.494. The summed E-state index contributed by atoms with van der Waals surface area (Å²) in [5, 5.41) is 0. The van der Waals surface area contributed by atoms with E-state index in [0.29, 0.717) is 39.0 Å². The predicted molar refractivity (Wildman–Crippen MR) is 133 cm³/mol. The normalized spacial score (nSPS) is 25.1. The number of quaternary nitrogens is 1. The Balaban J connectivity index is 1.30. The lowest BCUT2D eigenvalue weighted by Gasteiger charge is -2.41. The lowest BCUT2D eigenvalue weighted by Crippen LogP contribution is -2.64. The first-order valence-electron chi connectivity index (χ1n) is 12.5. The number of rotatable bonds is 8. The van der Waals surface area contributed by atoms with Gasteiger partial charge in [-0.1, -0.05) is 42.5 Å². The third-order valence-electron chi connectivity index (χ3n) is 7.47. The number of nitrogens with two attached hydrogens (primary N) is 1. The first kappa shape index (κ1) is 23.7. The number of aromatic amines is 1. The summed E-state index contributed by atoms with van der Waals surface area (Å²) in [7, 11) is 0. The van der Waals surface area contributed by atoms with Crippen LogP contribution in [0.2, 0.25) is 0 Å². The van der Waals surface area contributed by atoms with Gasteiger partial charge in [-0.05, 0) is 17.7 Å². The fourth-order valence-corrected chi connectivity index (χ4v) is 5.79. The molecule has 2 saturated heterocycles. The molecule has 2 aromatic carbocycles. The molecule has 3 aromatic rings. The Labute approximate surface area is 205 Å². The molecule has 35 heavy (non-hydrogen) atoms. The molecule has 0 bridgehead atoms. The van der Waals surface area contributed by atoms with E-state index >= 15 is 0 Å². The van der Waals surface area contributed by atoms with Gasteiger partial charge in [0.15, 0.2) is 6.04 Å². The highest BCUT2D eigenvalue weighted by molar-refractivity contribution is 5.82. The highest BCUT2D eigenvalue weighted by Gasteiger charge is 2.52. The zero-order valence-electron chi connectivity index (χ0n) is 20.1. The summed E-state index contributed by atoms with van der Waals surface area (Å²) in [5.41, 5.74) is 8.94. The van der Waals surface area contributed by atoms with Gasteiger partial charge < -0.3 is 15.5 Å². The molecule has 3 N–H and O–H groups in total. The Bertz CT molecular complexity index is 1150. The first-order chi connectivity index (χ1) is 17.0. The van der Waals surface area contributed by atoms with E-state index in [1.165, 1.54) is 5.56 Å². The van der Waals surface area contributed by atoms with Gasteiger partial charge in [0.2, 0.25) is 0 Å². The average molecular weight is 477 g/mol. The van der Waals surface area contributed by atoms with Crippen molar-refractivity contribution in [1.29, 1.82) is 0 Å². The molecule has 8 nitrogen and oxygen atoms in total. The summed E-state index contributed by atoms with van der Waals surface area (Å²) in [6, 6.07) is 17.7. The van der Waals surface area contributed by atoms with Crippen molar-refractivity contribution < 1.29 is 18.8 Å². The van der Waals surface area contributed by atoms with Crippen LogP contribution < -0.4 is 5.73 Å². The molecule has 1 aromatic heterocycles. The number of hydrogen-bond acceptors (Lipinski definition) is 5. The maximum Gasteiger partial charge on any atom is 0.314 e. The largest absolute Gasteiger partial charge is 0.370 e. The van der Waals surface area contributed by atoms with Crippen LogP contribution in [-0.2, 0) is 27.3 Å². The third kappa shape index (κ3) is 5.15. The number of H-pyrrole nitrogens is 1. The Hall–Kier alpha value is -3.07. The number of carbonyl (C=O) groups excluding carboxylic acids is 2. The van der Waals surface area contributed by atoms with Crippen molar-refractivity contribution in [2.45, 2.75) is 44.4 Å². The van der Waals surface area contributed by atoms with Crippen molar-refractivity contribution in [1.82, 2.24) is 14.9 Å². The average Bonchev–Trinajstić information content (AvgIpc) is 3.48. The van der Waals surface area contributed by atoms with Crippen LogP contribution in [0.1, 0.15) is 30.7 Å². The van der Waals surface area contributed by atoms with E-state index in [0.717, 1.165) is 42.9 Å². The van der Waals surface area contributed by atoms with Crippen LogP contribution in [0, 0.1) is 0 Å². The van der Waals surface area contributed by atoms with Gasteiger partial charge in [-0.3, -0.25) is 9.69 Å². The molecule has 2 fully saturated rings. The number of likely N-dealkylation sites (tertiary alicyclic amines) is 1. The van der Waals surface area contributed by atoms with Crippen molar-refractivity contribution >= 4 is 22.8 Å². The molecule has 0 spiro atoms. The minimum Gasteiger partial charge on any atom is -0.370 e. The number of amides is 2. The van der Waals surface area contributed by atoms with Crippen LogP contribution in [0.3, 0.4) is 0 Å². The zero-order valence-corrected chi connectivity index (χ0v) is 20.1. The van der Waals surface area contributed by atoms with Crippen LogP contribution in [0.5, 0.6) is 0 Å². The minimum absolute atomic E-state index is 0.0514. The first-order valence-corrected chi connectivity index (χ1v) is 12.5. The van der Waals surface area contributed by atoms with E-state index in [1.54, 1.807) is 0 Å². The van der Waals surface area contributed by atoms with Gasteiger partial charge >= 0.3 is 5.91 Å². The molecule has 184 valence electrons. The predicted octanol–water partition coefficient (Wildman–Crippen LogP) is 2.39. The highest BCUT2D eigenvalue weighted by atomic mass is 16.5. The SMILES string of the molecule is NC(=O)[C@@H]1CCC[N+]1(CC1CN(Cc2ccccc2)CCO1)C(=O)CCc1nc2ccccc2[nH]1. The molecule has 2 amide bonds. The summed E-state index contributed by atoms with van der Waals surface area (Å²) < 4.78 is 6.23. The summed E-state index contributed by atoms with van der Waals surface area (Å²) in [6.07, 6.45) is 2.15. The van der Waals surface area contributed by atoms with Crippen molar-refractivity contribution in [3.63, 3.8) is 0 Å². The van der Waals surface area contributed by atoms with Gasteiger partial charge in [-0.25, -0.2) is 14.3 Å². The number of para-hydroxylation sites is 2. The van der Waals surface area contributed by atoms with E-state index in [4.69, 9.17) is 10.5 Å². The molecule has 8 heteroatoms. The smallest absolute Gasteiger partial charge is 0.314 e. The number of nitrogens with zero attached hydrogens (tertiary/aromatic N) is 3. The fraction of sp³-hybridized carbons (Fsp3) is 0.444. The number of fused-ring (bicyclic) bond motifs is 1. The molecule has 2 aliphatic rings. The number of aromatic nitrogens is 2. The van der Waals surface area contributed by atoms with Gasteiger partial charge in [-0.2, -0.15) is 0 Å². The molecule has 0 radical (unpaired) electrons. The van der Waals surface area contributed by atoms with Gasteiger partial charge in [-0.15, -0.1) is 0 Å². The van der Waals surface area contributed by atoms with Crippen molar-refractivity contribution in [3.05, 3.63) is 66.0 Å². The van der Waals surface area contributed by atoms with Gasteiger partial charge in [0.1, 0.15) is 18.5 Å². The Morgan fingerprint density at radius 3 is 2.74 bits per heavy atom. The number of morpholine rings is 1. The zero-order chi connectivity index (χ0) is 24.3. The summed E-state index contributed by atoms with van der Waals surface area (Å²) in [5.74, 6) is 0.447. The van der Waals surface area contributed by atoms with Crippen LogP contribution >= 0.6 is 0 Å².